The van der Waals surface area contributed by atoms with Gasteiger partial charge < -0.3 is 52.5 Å². The van der Waals surface area contributed by atoms with E-state index >= 15 is 0 Å². The average molecular weight is 781 g/mol. The lowest BCUT2D eigenvalue weighted by Gasteiger charge is -2.44. The standard InChI is InChI=1S/C41H48O15/c1-25(42)47-23-33(52-26(2)43)35-37(53-27(3)44)39(54-28(4)45)41(56-35)51-24-32-34(48-20-29-14-8-5-9-15-29)36(49-21-30-16-10-6-11-17-30)38(40(46)55-32)50-22-31-18-12-7-13-19-31/h5-19,32-41,46H,20-24H2,1-4H3/t32-,33-,34-,35+,36+,37+,38+,39-,40+,41-/m1/s1. The lowest BCUT2D eigenvalue weighted by atomic mass is 9.98. The fourth-order valence-electron chi connectivity index (χ4n) is 6.42. The number of esters is 4. The molecular formula is C41H48O15. The highest BCUT2D eigenvalue weighted by atomic mass is 16.8. The first-order valence-electron chi connectivity index (χ1n) is 18.2. The van der Waals surface area contributed by atoms with Crippen LogP contribution < -0.4 is 0 Å². The number of rotatable bonds is 18. The van der Waals surface area contributed by atoms with Gasteiger partial charge in [-0.05, 0) is 16.7 Å². The zero-order chi connectivity index (χ0) is 40.0. The van der Waals surface area contributed by atoms with Crippen molar-refractivity contribution in [3.8, 4) is 0 Å². The van der Waals surface area contributed by atoms with Crippen molar-refractivity contribution >= 4 is 23.9 Å². The summed E-state index contributed by atoms with van der Waals surface area (Å²) in [5.74, 6) is -2.92. The van der Waals surface area contributed by atoms with Crippen LogP contribution in [-0.4, -0.2) is 104 Å². The fraction of sp³-hybridized carbons (Fsp3) is 0.463. The summed E-state index contributed by atoms with van der Waals surface area (Å²) in [5.41, 5.74) is 2.58. The molecule has 0 unspecified atom stereocenters. The molecule has 0 aromatic heterocycles. The number of ether oxygens (including phenoxy) is 10. The summed E-state index contributed by atoms with van der Waals surface area (Å²) in [4.78, 5) is 48.5. The Morgan fingerprint density at radius 3 is 1.54 bits per heavy atom. The fourth-order valence-corrected chi connectivity index (χ4v) is 6.42. The normalized spacial score (nSPS) is 26.5. The molecule has 0 radical (unpaired) electrons. The van der Waals surface area contributed by atoms with E-state index in [4.69, 9.17) is 47.4 Å². The third-order valence-electron chi connectivity index (χ3n) is 8.84. The van der Waals surface area contributed by atoms with Gasteiger partial charge in [-0.15, -0.1) is 0 Å². The van der Waals surface area contributed by atoms with Crippen LogP contribution in [0.4, 0.5) is 0 Å². The molecule has 0 bridgehead atoms. The summed E-state index contributed by atoms with van der Waals surface area (Å²) < 4.78 is 59.5. The lowest BCUT2D eigenvalue weighted by molar-refractivity contribution is -0.323. The second-order valence-corrected chi connectivity index (χ2v) is 13.2. The number of hydrogen-bond acceptors (Lipinski definition) is 15. The average Bonchev–Trinajstić information content (AvgIpc) is 3.49. The van der Waals surface area contributed by atoms with Gasteiger partial charge in [-0.3, -0.25) is 19.2 Å². The number of aliphatic hydroxyl groups is 1. The van der Waals surface area contributed by atoms with Gasteiger partial charge in [0.25, 0.3) is 0 Å². The predicted octanol–water partition coefficient (Wildman–Crippen LogP) is 3.56. The Bertz CT molecular complexity index is 1690. The van der Waals surface area contributed by atoms with Gasteiger partial charge in [-0.2, -0.15) is 0 Å². The van der Waals surface area contributed by atoms with Crippen molar-refractivity contribution in [1.29, 1.82) is 0 Å². The van der Waals surface area contributed by atoms with Crippen LogP contribution in [0.1, 0.15) is 44.4 Å². The molecule has 2 aliphatic heterocycles. The van der Waals surface area contributed by atoms with Crippen molar-refractivity contribution in [1.82, 2.24) is 0 Å². The van der Waals surface area contributed by atoms with Crippen molar-refractivity contribution < 1.29 is 71.7 Å². The minimum atomic E-state index is -1.52. The van der Waals surface area contributed by atoms with Crippen molar-refractivity contribution in [2.24, 2.45) is 0 Å². The van der Waals surface area contributed by atoms with Gasteiger partial charge in [0.1, 0.15) is 37.1 Å². The van der Waals surface area contributed by atoms with Crippen LogP contribution in [0, 0.1) is 0 Å². The van der Waals surface area contributed by atoms with Gasteiger partial charge in [0.2, 0.25) is 0 Å². The first-order valence-corrected chi connectivity index (χ1v) is 18.2. The molecule has 0 aliphatic carbocycles. The highest BCUT2D eigenvalue weighted by molar-refractivity contribution is 5.68. The predicted molar refractivity (Wildman–Crippen MR) is 194 cm³/mol. The summed E-state index contributed by atoms with van der Waals surface area (Å²) in [6.07, 6.45) is -12.2. The Labute approximate surface area is 325 Å². The van der Waals surface area contributed by atoms with E-state index in [0.29, 0.717) is 0 Å². The molecule has 2 aliphatic rings. The molecule has 2 heterocycles. The first kappa shape index (κ1) is 42.4. The molecule has 0 saturated carbocycles. The molecule has 3 aromatic carbocycles. The number of carbonyl (C=O) groups is 4. The van der Waals surface area contributed by atoms with Crippen molar-refractivity contribution in [3.63, 3.8) is 0 Å². The molecule has 2 fully saturated rings. The maximum absolute atomic E-state index is 12.4. The molecule has 0 spiro atoms. The van der Waals surface area contributed by atoms with E-state index in [-0.39, 0.29) is 26.4 Å². The van der Waals surface area contributed by atoms with Gasteiger partial charge in [0.05, 0.1) is 26.4 Å². The van der Waals surface area contributed by atoms with Crippen LogP contribution in [0.3, 0.4) is 0 Å². The van der Waals surface area contributed by atoms with E-state index in [1.165, 1.54) is 6.92 Å². The van der Waals surface area contributed by atoms with Crippen LogP contribution in [0.5, 0.6) is 0 Å². The van der Waals surface area contributed by atoms with Crippen molar-refractivity contribution in [3.05, 3.63) is 108 Å². The Balaban J connectivity index is 1.44. The zero-order valence-corrected chi connectivity index (χ0v) is 31.6. The molecule has 10 atom stereocenters. The molecular weight excluding hydrogens is 732 g/mol. The molecule has 56 heavy (non-hydrogen) atoms. The van der Waals surface area contributed by atoms with Gasteiger partial charge in [0.15, 0.2) is 30.9 Å². The van der Waals surface area contributed by atoms with E-state index in [1.54, 1.807) is 0 Å². The topological polar surface area (TPSA) is 181 Å². The lowest BCUT2D eigenvalue weighted by Crippen LogP contribution is -2.61. The Kier molecular flexibility index (Phi) is 15.9. The molecule has 15 heteroatoms. The van der Waals surface area contributed by atoms with Gasteiger partial charge in [-0.1, -0.05) is 91.0 Å². The first-order chi connectivity index (χ1) is 27.0. The summed E-state index contributed by atoms with van der Waals surface area (Å²) >= 11 is 0. The van der Waals surface area contributed by atoms with E-state index in [9.17, 15) is 24.3 Å². The summed E-state index contributed by atoms with van der Waals surface area (Å²) in [6.45, 7) is 4.21. The molecule has 302 valence electrons. The molecule has 0 amide bonds. The maximum atomic E-state index is 12.4. The van der Waals surface area contributed by atoms with Gasteiger partial charge in [0, 0.05) is 27.7 Å². The number of carbonyl (C=O) groups excluding carboxylic acids is 4. The monoisotopic (exact) mass is 780 g/mol. The van der Waals surface area contributed by atoms with Gasteiger partial charge >= 0.3 is 23.9 Å². The molecule has 3 aromatic rings. The SMILES string of the molecule is CC(=O)OC[C@@H](OC(C)=O)[C@@H]1O[C@@H](OC[C@H]2O[C@H](O)[C@@H](OCc3ccccc3)[C@@H](OCc3ccccc3)[C@@H]2OCc2ccccc2)[C@H](OC(C)=O)[C@H]1OC(C)=O. The highest BCUT2D eigenvalue weighted by Gasteiger charge is 2.55. The molecule has 1 N–H and O–H groups in total. The van der Waals surface area contributed by atoms with E-state index in [1.807, 2.05) is 91.0 Å². The van der Waals surface area contributed by atoms with Crippen LogP contribution in [0.25, 0.3) is 0 Å². The molecule has 5 rings (SSSR count). The smallest absolute Gasteiger partial charge is 0.303 e. The summed E-state index contributed by atoms with van der Waals surface area (Å²) in [5, 5.41) is 11.5. The van der Waals surface area contributed by atoms with E-state index in [2.05, 4.69) is 0 Å². The third kappa shape index (κ3) is 12.4. The van der Waals surface area contributed by atoms with E-state index < -0.39 is 91.9 Å². The van der Waals surface area contributed by atoms with Crippen molar-refractivity contribution in [2.45, 2.75) is 109 Å². The number of benzene rings is 3. The largest absolute Gasteiger partial charge is 0.462 e. The van der Waals surface area contributed by atoms with Crippen LogP contribution in [-0.2, 0) is 86.4 Å². The Morgan fingerprint density at radius 1 is 0.571 bits per heavy atom. The van der Waals surface area contributed by atoms with E-state index in [0.717, 1.165) is 37.5 Å². The Morgan fingerprint density at radius 2 is 1.05 bits per heavy atom. The van der Waals surface area contributed by atoms with Crippen molar-refractivity contribution in [2.75, 3.05) is 13.2 Å². The van der Waals surface area contributed by atoms with Gasteiger partial charge in [-0.25, -0.2) is 0 Å². The van der Waals surface area contributed by atoms with Crippen LogP contribution in [0.2, 0.25) is 0 Å². The summed E-state index contributed by atoms with van der Waals surface area (Å²) in [7, 11) is 0. The Hall–Kier alpha value is -4.74. The second-order valence-electron chi connectivity index (χ2n) is 13.2. The molecule has 2 saturated heterocycles. The highest BCUT2D eigenvalue weighted by Crippen LogP contribution is 2.34. The second kappa shape index (κ2) is 21.0. The number of aliphatic hydroxyl groups excluding tert-OH is 1. The number of hydrogen-bond donors (Lipinski definition) is 1. The summed E-state index contributed by atoms with van der Waals surface area (Å²) in [6, 6.07) is 28.3. The van der Waals surface area contributed by atoms with Crippen LogP contribution >= 0.6 is 0 Å². The van der Waals surface area contributed by atoms with Crippen LogP contribution in [0.15, 0.2) is 91.0 Å². The quantitative estimate of drug-likeness (QED) is 0.146. The minimum absolute atomic E-state index is 0.130. The minimum Gasteiger partial charge on any atom is -0.462 e. The molecule has 15 nitrogen and oxygen atoms in total. The third-order valence-corrected chi connectivity index (χ3v) is 8.84. The maximum Gasteiger partial charge on any atom is 0.303 e. The zero-order valence-electron chi connectivity index (χ0n) is 31.6.